The summed E-state index contributed by atoms with van der Waals surface area (Å²) in [5.74, 6) is -0.263. The zero-order valence-corrected chi connectivity index (χ0v) is 13.0. The first kappa shape index (κ1) is 14.7. The Morgan fingerprint density at radius 3 is 2.64 bits per heavy atom. The number of hydrogen-bond acceptors (Lipinski definition) is 4. The van der Waals surface area contributed by atoms with Gasteiger partial charge >= 0.3 is 0 Å². The Morgan fingerprint density at radius 1 is 1.18 bits per heavy atom. The summed E-state index contributed by atoms with van der Waals surface area (Å²) in [5.41, 5.74) is 1.25. The molecule has 4 nitrogen and oxygen atoms in total. The molecular formula is C16H12ClN3OS. The minimum Gasteiger partial charge on any atom is -0.339 e. The molecule has 0 radical (unpaired) electrons. The minimum atomic E-state index is -0.263. The van der Waals surface area contributed by atoms with Crippen molar-refractivity contribution in [3.05, 3.63) is 81.5 Å². The molecule has 6 heteroatoms. The maximum absolute atomic E-state index is 12.4. The molecule has 0 aliphatic heterocycles. The molecule has 110 valence electrons. The molecule has 0 saturated carbocycles. The molecule has 1 atom stereocenters. The van der Waals surface area contributed by atoms with E-state index in [0.29, 0.717) is 5.02 Å². The van der Waals surface area contributed by atoms with Crippen molar-refractivity contribution in [2.24, 2.45) is 0 Å². The standard InChI is InChI=1S/C16H12ClN3OS/c17-12-5-3-11(4-6-12)15(14-2-1-9-22-14)20-16(21)13-10-18-7-8-19-13/h1-10,15H,(H,20,21)/t15-/m1/s1. The molecule has 0 aliphatic rings. The summed E-state index contributed by atoms with van der Waals surface area (Å²) in [6.45, 7) is 0. The highest BCUT2D eigenvalue weighted by Gasteiger charge is 2.19. The van der Waals surface area contributed by atoms with Crippen LogP contribution in [0.1, 0.15) is 27.0 Å². The van der Waals surface area contributed by atoms with Crippen molar-refractivity contribution in [1.29, 1.82) is 0 Å². The van der Waals surface area contributed by atoms with Gasteiger partial charge in [0.15, 0.2) is 0 Å². The highest BCUT2D eigenvalue weighted by Crippen LogP contribution is 2.27. The number of carbonyl (C=O) groups is 1. The lowest BCUT2D eigenvalue weighted by molar-refractivity contribution is 0.0938. The van der Waals surface area contributed by atoms with Crippen molar-refractivity contribution < 1.29 is 4.79 Å². The summed E-state index contributed by atoms with van der Waals surface area (Å²) in [5, 5.41) is 5.64. The van der Waals surface area contributed by atoms with Gasteiger partial charge in [-0.2, -0.15) is 0 Å². The fraction of sp³-hybridized carbons (Fsp3) is 0.0625. The molecule has 0 fully saturated rings. The van der Waals surface area contributed by atoms with Gasteiger partial charge in [0.05, 0.1) is 12.2 Å². The lowest BCUT2D eigenvalue weighted by atomic mass is 10.1. The quantitative estimate of drug-likeness (QED) is 0.793. The topological polar surface area (TPSA) is 54.9 Å². The van der Waals surface area contributed by atoms with E-state index in [1.54, 1.807) is 11.3 Å². The van der Waals surface area contributed by atoms with Crippen LogP contribution >= 0.6 is 22.9 Å². The average Bonchev–Trinajstić information content (AvgIpc) is 3.08. The number of aromatic nitrogens is 2. The molecule has 1 amide bonds. The molecule has 0 saturated heterocycles. The monoisotopic (exact) mass is 329 g/mol. The van der Waals surface area contributed by atoms with Crippen LogP contribution in [-0.4, -0.2) is 15.9 Å². The van der Waals surface area contributed by atoms with E-state index < -0.39 is 0 Å². The maximum Gasteiger partial charge on any atom is 0.272 e. The Kier molecular flexibility index (Phi) is 4.46. The summed E-state index contributed by atoms with van der Waals surface area (Å²) in [6, 6.07) is 11.1. The first-order chi connectivity index (χ1) is 10.7. The normalized spacial score (nSPS) is 11.9. The SMILES string of the molecule is O=C(N[C@H](c1ccc(Cl)cc1)c1cccs1)c1cnccn1. The fourth-order valence-corrected chi connectivity index (χ4v) is 2.98. The van der Waals surface area contributed by atoms with Gasteiger partial charge in [-0.25, -0.2) is 4.98 Å². The first-order valence-electron chi connectivity index (χ1n) is 6.60. The Labute approximate surface area is 136 Å². The Morgan fingerprint density at radius 2 is 2.00 bits per heavy atom. The number of rotatable bonds is 4. The van der Waals surface area contributed by atoms with Crippen molar-refractivity contribution in [3.63, 3.8) is 0 Å². The van der Waals surface area contributed by atoms with Crippen LogP contribution in [0.3, 0.4) is 0 Å². The second-order valence-corrected chi connectivity index (χ2v) is 5.98. The van der Waals surface area contributed by atoms with Crippen LogP contribution in [0.4, 0.5) is 0 Å². The summed E-state index contributed by atoms with van der Waals surface area (Å²) < 4.78 is 0. The van der Waals surface area contributed by atoms with Crippen LogP contribution in [0.5, 0.6) is 0 Å². The lowest BCUT2D eigenvalue weighted by Gasteiger charge is -2.18. The third kappa shape index (κ3) is 3.32. The van der Waals surface area contributed by atoms with Crippen LogP contribution in [0.25, 0.3) is 0 Å². The minimum absolute atomic E-state index is 0.244. The van der Waals surface area contributed by atoms with Gasteiger partial charge in [0.1, 0.15) is 5.69 Å². The number of amides is 1. The van der Waals surface area contributed by atoms with E-state index in [2.05, 4.69) is 15.3 Å². The number of nitrogens with zero attached hydrogens (tertiary/aromatic N) is 2. The summed E-state index contributed by atoms with van der Waals surface area (Å²) in [4.78, 5) is 21.3. The molecule has 0 aliphatic carbocycles. The summed E-state index contributed by atoms with van der Waals surface area (Å²) in [7, 11) is 0. The van der Waals surface area contributed by atoms with Gasteiger partial charge in [0, 0.05) is 22.3 Å². The van der Waals surface area contributed by atoms with Crippen LogP contribution in [0.2, 0.25) is 5.02 Å². The van der Waals surface area contributed by atoms with Crippen molar-refractivity contribution in [2.45, 2.75) is 6.04 Å². The predicted octanol–water partition coefficient (Wildman–Crippen LogP) is 3.71. The maximum atomic E-state index is 12.4. The molecular weight excluding hydrogens is 318 g/mol. The lowest BCUT2D eigenvalue weighted by Crippen LogP contribution is -2.29. The van der Waals surface area contributed by atoms with Gasteiger partial charge in [0.25, 0.3) is 5.91 Å². The summed E-state index contributed by atoms with van der Waals surface area (Å²) in [6.07, 6.45) is 4.48. The Bertz CT molecular complexity index is 745. The van der Waals surface area contributed by atoms with Crippen molar-refractivity contribution in [1.82, 2.24) is 15.3 Å². The molecule has 0 unspecified atom stereocenters. The first-order valence-corrected chi connectivity index (χ1v) is 7.85. The molecule has 22 heavy (non-hydrogen) atoms. The molecule has 2 aromatic heterocycles. The largest absolute Gasteiger partial charge is 0.339 e. The van der Waals surface area contributed by atoms with E-state index in [1.807, 2.05) is 41.8 Å². The van der Waals surface area contributed by atoms with Crippen molar-refractivity contribution >= 4 is 28.8 Å². The fourth-order valence-electron chi connectivity index (χ4n) is 2.05. The Balaban J connectivity index is 1.90. The number of hydrogen-bond donors (Lipinski definition) is 1. The van der Waals surface area contributed by atoms with E-state index in [9.17, 15) is 4.79 Å². The average molecular weight is 330 g/mol. The van der Waals surface area contributed by atoms with Crippen LogP contribution in [-0.2, 0) is 0 Å². The van der Waals surface area contributed by atoms with Gasteiger partial charge in [-0.3, -0.25) is 9.78 Å². The van der Waals surface area contributed by atoms with Crippen LogP contribution < -0.4 is 5.32 Å². The molecule has 0 bridgehead atoms. The van der Waals surface area contributed by atoms with E-state index >= 15 is 0 Å². The van der Waals surface area contributed by atoms with E-state index in [-0.39, 0.29) is 17.6 Å². The number of thiophene rings is 1. The van der Waals surface area contributed by atoms with E-state index in [4.69, 9.17) is 11.6 Å². The molecule has 3 rings (SSSR count). The van der Waals surface area contributed by atoms with Crippen molar-refractivity contribution in [3.8, 4) is 0 Å². The number of nitrogens with one attached hydrogen (secondary N) is 1. The van der Waals surface area contributed by atoms with Crippen molar-refractivity contribution in [2.75, 3.05) is 0 Å². The molecule has 1 N–H and O–H groups in total. The summed E-state index contributed by atoms with van der Waals surface area (Å²) >= 11 is 7.52. The smallest absolute Gasteiger partial charge is 0.272 e. The van der Waals surface area contributed by atoms with E-state index in [0.717, 1.165) is 10.4 Å². The number of carbonyl (C=O) groups excluding carboxylic acids is 1. The molecule has 2 heterocycles. The van der Waals surface area contributed by atoms with Crippen LogP contribution in [0, 0.1) is 0 Å². The molecule has 3 aromatic rings. The third-order valence-electron chi connectivity index (χ3n) is 3.10. The van der Waals surface area contributed by atoms with Gasteiger partial charge in [-0.05, 0) is 29.1 Å². The Hall–Kier alpha value is -2.24. The number of halogens is 1. The van der Waals surface area contributed by atoms with E-state index in [1.165, 1.54) is 18.6 Å². The van der Waals surface area contributed by atoms with Gasteiger partial charge < -0.3 is 5.32 Å². The second kappa shape index (κ2) is 6.68. The highest BCUT2D eigenvalue weighted by molar-refractivity contribution is 7.10. The zero-order valence-electron chi connectivity index (χ0n) is 11.4. The predicted molar refractivity (Wildman–Crippen MR) is 87.1 cm³/mol. The second-order valence-electron chi connectivity index (χ2n) is 4.56. The molecule has 1 aromatic carbocycles. The zero-order chi connectivity index (χ0) is 15.4. The molecule has 0 spiro atoms. The van der Waals surface area contributed by atoms with Gasteiger partial charge in [-0.15, -0.1) is 11.3 Å². The third-order valence-corrected chi connectivity index (χ3v) is 4.29. The van der Waals surface area contributed by atoms with Gasteiger partial charge in [0.2, 0.25) is 0 Å². The number of benzene rings is 1. The highest BCUT2D eigenvalue weighted by atomic mass is 35.5. The van der Waals surface area contributed by atoms with Crippen LogP contribution in [0.15, 0.2) is 60.4 Å². The van der Waals surface area contributed by atoms with Gasteiger partial charge in [-0.1, -0.05) is 29.8 Å².